The van der Waals surface area contributed by atoms with E-state index in [2.05, 4.69) is 9.82 Å². The predicted molar refractivity (Wildman–Crippen MR) is 102 cm³/mol. The number of halogens is 6. The number of benzene rings is 1. The number of aromatic nitrogens is 1. The lowest BCUT2D eigenvalue weighted by atomic mass is 9.94. The number of imide groups is 1. The van der Waals surface area contributed by atoms with Crippen molar-refractivity contribution in [1.82, 2.24) is 10.0 Å². The van der Waals surface area contributed by atoms with Crippen molar-refractivity contribution in [2.75, 3.05) is 4.90 Å². The lowest BCUT2D eigenvalue weighted by molar-refractivity contribution is -0.231. The number of nitrogens with zero attached hydrogens (tertiary/aromatic N) is 3. The molecule has 2 atom stereocenters. The molecule has 2 heterocycles. The van der Waals surface area contributed by atoms with Gasteiger partial charge in [-0.1, -0.05) is 6.92 Å². The zero-order chi connectivity index (χ0) is 24.6. The number of carbonyl (C=O) groups excluding carboxylic acids is 3. The van der Waals surface area contributed by atoms with Crippen LogP contribution in [0.4, 0.5) is 36.8 Å². The average molecular weight is 493 g/mol. The lowest BCUT2D eigenvalue weighted by Gasteiger charge is -2.25. The Balaban J connectivity index is 1.96. The molecule has 3 rings (SSSR count). The van der Waals surface area contributed by atoms with Gasteiger partial charge in [-0.15, -0.1) is 5.06 Å². The fourth-order valence-corrected chi connectivity index (χ4v) is 3.62. The minimum Gasteiger partial charge on any atom is -0.327 e. The maximum absolute atomic E-state index is 13.1. The second-order valence-electron chi connectivity index (χ2n) is 6.71. The SMILES string of the molecule is C[C@H](c1ccncc1)[C@@H]1C(=O)N(c2ccc(SC(F)(F)F)cc2)C(=O)N1OC(=O)C(F)(F)F. The average Bonchev–Trinajstić information content (AvgIpc) is 2.96. The van der Waals surface area contributed by atoms with Gasteiger partial charge in [-0.2, -0.15) is 26.3 Å². The number of hydrogen-bond donors (Lipinski definition) is 0. The lowest BCUT2D eigenvalue weighted by Crippen LogP contribution is -2.43. The minimum absolute atomic E-state index is 0.0294. The molecule has 7 nitrogen and oxygen atoms in total. The molecule has 1 aromatic carbocycles. The largest absolute Gasteiger partial charge is 0.493 e. The van der Waals surface area contributed by atoms with Crippen LogP contribution in [0.3, 0.4) is 0 Å². The molecule has 1 aromatic heterocycles. The third-order valence-electron chi connectivity index (χ3n) is 4.55. The molecule has 1 aliphatic heterocycles. The van der Waals surface area contributed by atoms with Crippen LogP contribution < -0.4 is 4.90 Å². The van der Waals surface area contributed by atoms with Gasteiger partial charge in [0.05, 0.1) is 5.69 Å². The van der Waals surface area contributed by atoms with E-state index in [1.54, 1.807) is 0 Å². The monoisotopic (exact) mass is 493 g/mol. The Hall–Kier alpha value is -3.29. The van der Waals surface area contributed by atoms with Crippen LogP contribution in [-0.4, -0.2) is 45.7 Å². The second kappa shape index (κ2) is 8.92. The topological polar surface area (TPSA) is 79.8 Å². The molecule has 1 fully saturated rings. The van der Waals surface area contributed by atoms with Gasteiger partial charge in [-0.3, -0.25) is 9.78 Å². The molecule has 0 unspecified atom stereocenters. The molecule has 33 heavy (non-hydrogen) atoms. The van der Waals surface area contributed by atoms with Crippen LogP contribution >= 0.6 is 11.8 Å². The van der Waals surface area contributed by atoms with Gasteiger partial charge in [-0.05, 0) is 53.7 Å². The summed E-state index contributed by atoms with van der Waals surface area (Å²) in [6.07, 6.45) is -2.74. The maximum Gasteiger partial charge on any atom is 0.493 e. The molecule has 1 saturated heterocycles. The van der Waals surface area contributed by atoms with Gasteiger partial charge in [0.15, 0.2) is 6.04 Å². The van der Waals surface area contributed by atoms with Gasteiger partial charge in [0.1, 0.15) is 0 Å². The van der Waals surface area contributed by atoms with E-state index in [4.69, 9.17) is 0 Å². The van der Waals surface area contributed by atoms with Crippen molar-refractivity contribution in [3.63, 3.8) is 0 Å². The van der Waals surface area contributed by atoms with Gasteiger partial charge in [0, 0.05) is 23.2 Å². The summed E-state index contributed by atoms with van der Waals surface area (Å²) in [6.45, 7) is 1.42. The van der Waals surface area contributed by atoms with E-state index in [1.807, 2.05) is 0 Å². The molecule has 3 amide bonds. The number of anilines is 1. The van der Waals surface area contributed by atoms with Crippen LogP contribution in [0.1, 0.15) is 18.4 Å². The van der Waals surface area contributed by atoms with Crippen LogP contribution in [0, 0.1) is 0 Å². The Kier molecular flexibility index (Phi) is 6.58. The number of rotatable bonds is 5. The highest BCUT2D eigenvalue weighted by Crippen LogP contribution is 2.39. The fraction of sp³-hybridized carbons (Fsp3) is 0.263. The highest BCUT2D eigenvalue weighted by molar-refractivity contribution is 8.00. The first-order valence-electron chi connectivity index (χ1n) is 9.01. The predicted octanol–water partition coefficient (Wildman–Crippen LogP) is 4.65. The van der Waals surface area contributed by atoms with E-state index < -0.39 is 53.3 Å². The summed E-state index contributed by atoms with van der Waals surface area (Å²) in [5.41, 5.74) is -4.38. The zero-order valence-corrected chi connectivity index (χ0v) is 17.2. The van der Waals surface area contributed by atoms with Crippen molar-refractivity contribution in [3.8, 4) is 0 Å². The number of thioether (sulfide) groups is 1. The molecule has 0 bridgehead atoms. The zero-order valence-electron chi connectivity index (χ0n) is 16.4. The number of alkyl halides is 6. The van der Waals surface area contributed by atoms with E-state index in [1.165, 1.54) is 31.5 Å². The Morgan fingerprint density at radius 2 is 1.61 bits per heavy atom. The molecule has 0 spiro atoms. The Bertz CT molecular complexity index is 1050. The van der Waals surface area contributed by atoms with Crippen LogP contribution in [0.2, 0.25) is 0 Å². The van der Waals surface area contributed by atoms with Crippen molar-refractivity contribution in [1.29, 1.82) is 0 Å². The van der Waals surface area contributed by atoms with Gasteiger partial charge in [0.2, 0.25) is 0 Å². The molecule has 0 aliphatic carbocycles. The summed E-state index contributed by atoms with van der Waals surface area (Å²) in [4.78, 5) is 45.5. The Morgan fingerprint density at radius 1 is 1.03 bits per heavy atom. The molecule has 0 N–H and O–H groups in total. The van der Waals surface area contributed by atoms with Crippen LogP contribution in [0.15, 0.2) is 53.7 Å². The summed E-state index contributed by atoms with van der Waals surface area (Å²) < 4.78 is 75.9. The van der Waals surface area contributed by atoms with Crippen LogP contribution in [-0.2, 0) is 14.4 Å². The van der Waals surface area contributed by atoms with Crippen LogP contribution in [0.25, 0.3) is 0 Å². The van der Waals surface area contributed by atoms with Crippen molar-refractivity contribution < 1.29 is 45.6 Å². The highest BCUT2D eigenvalue weighted by Gasteiger charge is 2.54. The van der Waals surface area contributed by atoms with E-state index in [-0.39, 0.29) is 15.6 Å². The van der Waals surface area contributed by atoms with Crippen molar-refractivity contribution >= 4 is 35.4 Å². The van der Waals surface area contributed by atoms with E-state index in [0.29, 0.717) is 10.5 Å². The second-order valence-corrected chi connectivity index (χ2v) is 7.85. The van der Waals surface area contributed by atoms with E-state index in [9.17, 15) is 40.7 Å². The molecule has 14 heteroatoms. The quantitative estimate of drug-likeness (QED) is 0.343. The molecule has 176 valence electrons. The molecule has 0 saturated carbocycles. The molecule has 1 aliphatic rings. The number of hydroxylamine groups is 2. The minimum atomic E-state index is -5.45. The van der Waals surface area contributed by atoms with Crippen molar-refractivity contribution in [3.05, 3.63) is 54.4 Å². The first kappa shape index (κ1) is 24.4. The molecular formula is C19H13F6N3O4S. The highest BCUT2D eigenvalue weighted by atomic mass is 32.2. The number of amides is 3. The van der Waals surface area contributed by atoms with Gasteiger partial charge in [-0.25, -0.2) is 14.5 Å². The van der Waals surface area contributed by atoms with E-state index >= 15 is 0 Å². The first-order valence-corrected chi connectivity index (χ1v) is 9.83. The summed E-state index contributed by atoms with van der Waals surface area (Å²) in [6, 6.07) is 3.85. The van der Waals surface area contributed by atoms with Crippen LogP contribution in [0.5, 0.6) is 0 Å². The van der Waals surface area contributed by atoms with Gasteiger partial charge >= 0.3 is 23.7 Å². The molecule has 0 radical (unpaired) electrons. The smallest absolute Gasteiger partial charge is 0.327 e. The third kappa shape index (κ3) is 5.38. The number of carbonyl (C=O) groups is 3. The maximum atomic E-state index is 13.1. The normalized spacial score (nSPS) is 18.0. The van der Waals surface area contributed by atoms with Gasteiger partial charge < -0.3 is 4.84 Å². The summed E-state index contributed by atoms with van der Waals surface area (Å²) in [7, 11) is 0. The first-order chi connectivity index (χ1) is 15.3. The van der Waals surface area contributed by atoms with Gasteiger partial charge in [0.25, 0.3) is 5.91 Å². The van der Waals surface area contributed by atoms with Crippen molar-refractivity contribution in [2.45, 2.75) is 35.5 Å². The summed E-state index contributed by atoms with van der Waals surface area (Å²) in [5.74, 6) is -4.68. The summed E-state index contributed by atoms with van der Waals surface area (Å²) in [5, 5.41) is 0.0294. The Labute approximate surface area is 186 Å². The number of hydrogen-bond acceptors (Lipinski definition) is 6. The summed E-state index contributed by atoms with van der Waals surface area (Å²) >= 11 is -0.431. The third-order valence-corrected chi connectivity index (χ3v) is 5.29. The Morgan fingerprint density at radius 3 is 2.12 bits per heavy atom. The molecular weight excluding hydrogens is 480 g/mol. The molecule has 2 aromatic rings. The van der Waals surface area contributed by atoms with Crippen molar-refractivity contribution in [2.24, 2.45) is 0 Å². The number of pyridine rings is 1. The number of urea groups is 1. The standard InChI is InChI=1S/C19H13F6N3O4S/c1-10(11-6-8-26-9-7-11)14-15(29)27(17(31)28(14)32-16(30)18(20,21)22)12-2-4-13(5-3-12)33-19(23,24)25/h2-10,14H,1H3/t10-,14-/m1/s1. The van der Waals surface area contributed by atoms with E-state index in [0.717, 1.165) is 24.3 Å². The fourth-order valence-electron chi connectivity index (χ4n) is 3.08.